The molecular weight excluding hydrogens is 355 g/mol. The lowest BCUT2D eigenvalue weighted by Crippen LogP contribution is -2.45. The number of halogens is 2. The van der Waals surface area contributed by atoms with Gasteiger partial charge in [-0.15, -0.1) is 0 Å². The van der Waals surface area contributed by atoms with Crippen LogP contribution in [0, 0.1) is 11.7 Å². The second-order valence-corrected chi connectivity index (χ2v) is 6.88. The number of nitrogens with zero attached hydrogens (tertiary/aromatic N) is 1. The second kappa shape index (κ2) is 8.32. The van der Waals surface area contributed by atoms with Gasteiger partial charge in [-0.05, 0) is 54.8 Å². The Labute approximate surface area is 157 Å². The second-order valence-electron chi connectivity index (χ2n) is 6.44. The van der Waals surface area contributed by atoms with Crippen molar-refractivity contribution in [2.75, 3.05) is 13.1 Å². The average molecular weight is 375 g/mol. The smallest absolute Gasteiger partial charge is 0.253 e. The molecule has 1 aliphatic rings. The third-order valence-electron chi connectivity index (χ3n) is 4.55. The lowest BCUT2D eigenvalue weighted by atomic mass is 9.96. The topological polar surface area (TPSA) is 49.4 Å². The fraction of sp³-hybridized carbons (Fsp3) is 0.300. The Morgan fingerprint density at radius 1 is 1.12 bits per heavy atom. The molecular formula is C20H20ClFN2O2. The molecule has 136 valence electrons. The van der Waals surface area contributed by atoms with E-state index in [2.05, 4.69) is 5.32 Å². The number of rotatable bonds is 4. The van der Waals surface area contributed by atoms with E-state index in [-0.39, 0.29) is 23.5 Å². The minimum Gasteiger partial charge on any atom is -0.352 e. The van der Waals surface area contributed by atoms with E-state index in [1.54, 1.807) is 17.0 Å². The molecule has 2 aromatic rings. The first kappa shape index (κ1) is 18.4. The fourth-order valence-corrected chi connectivity index (χ4v) is 3.21. The summed E-state index contributed by atoms with van der Waals surface area (Å²) in [6.45, 7) is 1.41. The van der Waals surface area contributed by atoms with E-state index in [0.29, 0.717) is 30.2 Å². The summed E-state index contributed by atoms with van der Waals surface area (Å²) in [5.74, 6) is -0.836. The number of likely N-dealkylation sites (tertiary alicyclic amines) is 1. The van der Waals surface area contributed by atoms with Gasteiger partial charge in [-0.3, -0.25) is 9.59 Å². The van der Waals surface area contributed by atoms with E-state index >= 15 is 0 Å². The Morgan fingerprint density at radius 3 is 2.50 bits per heavy atom. The van der Waals surface area contributed by atoms with Gasteiger partial charge in [0.25, 0.3) is 5.91 Å². The van der Waals surface area contributed by atoms with Crippen molar-refractivity contribution in [2.24, 2.45) is 5.92 Å². The molecule has 0 radical (unpaired) electrons. The van der Waals surface area contributed by atoms with Gasteiger partial charge in [0.05, 0.1) is 5.92 Å². The van der Waals surface area contributed by atoms with Crippen LogP contribution in [0.15, 0.2) is 48.5 Å². The van der Waals surface area contributed by atoms with Crippen molar-refractivity contribution in [1.29, 1.82) is 0 Å². The molecule has 4 nitrogen and oxygen atoms in total. The molecule has 6 heteroatoms. The summed E-state index contributed by atoms with van der Waals surface area (Å²) < 4.78 is 13.0. The van der Waals surface area contributed by atoms with E-state index in [4.69, 9.17) is 11.6 Å². The number of piperidine rings is 1. The lowest BCUT2D eigenvalue weighted by molar-refractivity contribution is -0.126. The third-order valence-corrected chi connectivity index (χ3v) is 4.80. The first-order valence-corrected chi connectivity index (χ1v) is 8.98. The Kier molecular flexibility index (Phi) is 5.89. The highest BCUT2D eigenvalue weighted by molar-refractivity contribution is 6.30. The summed E-state index contributed by atoms with van der Waals surface area (Å²) in [7, 11) is 0. The van der Waals surface area contributed by atoms with Crippen molar-refractivity contribution in [3.63, 3.8) is 0 Å². The molecule has 0 bridgehead atoms. The van der Waals surface area contributed by atoms with Crippen LogP contribution >= 0.6 is 11.6 Å². The number of hydrogen-bond donors (Lipinski definition) is 1. The Balaban J connectivity index is 1.57. The molecule has 2 amide bonds. The Hall–Kier alpha value is -2.40. The molecule has 1 fully saturated rings. The molecule has 0 aliphatic carbocycles. The van der Waals surface area contributed by atoms with Gasteiger partial charge in [-0.1, -0.05) is 23.7 Å². The van der Waals surface area contributed by atoms with Crippen molar-refractivity contribution in [1.82, 2.24) is 10.2 Å². The Morgan fingerprint density at radius 2 is 1.81 bits per heavy atom. The molecule has 1 aliphatic heterocycles. The van der Waals surface area contributed by atoms with Crippen molar-refractivity contribution in [2.45, 2.75) is 19.4 Å². The van der Waals surface area contributed by atoms with Crippen molar-refractivity contribution < 1.29 is 14.0 Å². The first-order valence-electron chi connectivity index (χ1n) is 8.60. The quantitative estimate of drug-likeness (QED) is 0.888. The molecule has 1 heterocycles. The third kappa shape index (κ3) is 4.61. The minimum atomic E-state index is -0.375. The van der Waals surface area contributed by atoms with Crippen LogP contribution in [0.25, 0.3) is 0 Å². The zero-order chi connectivity index (χ0) is 18.5. The summed E-state index contributed by atoms with van der Waals surface area (Å²) in [5.41, 5.74) is 1.41. The number of amides is 2. The van der Waals surface area contributed by atoms with E-state index < -0.39 is 0 Å². The molecule has 26 heavy (non-hydrogen) atoms. The van der Waals surface area contributed by atoms with Gasteiger partial charge in [0.1, 0.15) is 5.82 Å². The summed E-state index contributed by atoms with van der Waals surface area (Å²) >= 11 is 5.86. The van der Waals surface area contributed by atoms with E-state index in [0.717, 1.165) is 18.4 Å². The molecule has 0 spiro atoms. The summed E-state index contributed by atoms with van der Waals surface area (Å²) in [4.78, 5) is 26.7. The molecule has 2 aromatic carbocycles. The van der Waals surface area contributed by atoms with Crippen LogP contribution in [0.3, 0.4) is 0 Å². The predicted molar refractivity (Wildman–Crippen MR) is 98.3 cm³/mol. The van der Waals surface area contributed by atoms with E-state index in [1.807, 2.05) is 12.1 Å². The van der Waals surface area contributed by atoms with Gasteiger partial charge in [-0.25, -0.2) is 4.39 Å². The number of benzene rings is 2. The number of carbonyl (C=O) groups excluding carboxylic acids is 2. The monoisotopic (exact) mass is 374 g/mol. The van der Waals surface area contributed by atoms with Crippen LogP contribution in [0.4, 0.5) is 4.39 Å². The maximum absolute atomic E-state index is 13.0. The molecule has 0 saturated carbocycles. The molecule has 1 saturated heterocycles. The molecule has 1 unspecified atom stereocenters. The maximum Gasteiger partial charge on any atom is 0.253 e. The largest absolute Gasteiger partial charge is 0.352 e. The number of carbonyl (C=O) groups is 2. The Bertz CT molecular complexity index is 777. The zero-order valence-corrected chi connectivity index (χ0v) is 15.0. The lowest BCUT2D eigenvalue weighted by Gasteiger charge is -2.32. The van der Waals surface area contributed by atoms with Gasteiger partial charge in [0.2, 0.25) is 5.91 Å². The average Bonchev–Trinajstić information content (AvgIpc) is 2.67. The number of nitrogens with one attached hydrogen (secondary N) is 1. The first-order chi connectivity index (χ1) is 12.5. The van der Waals surface area contributed by atoms with Crippen LogP contribution in [0.1, 0.15) is 28.8 Å². The van der Waals surface area contributed by atoms with Gasteiger partial charge >= 0.3 is 0 Å². The zero-order valence-electron chi connectivity index (χ0n) is 14.3. The summed E-state index contributed by atoms with van der Waals surface area (Å²) in [5, 5.41) is 3.58. The van der Waals surface area contributed by atoms with Crippen LogP contribution < -0.4 is 5.32 Å². The van der Waals surface area contributed by atoms with Crippen molar-refractivity contribution in [3.8, 4) is 0 Å². The summed E-state index contributed by atoms with van der Waals surface area (Å²) in [6, 6.07) is 12.8. The summed E-state index contributed by atoms with van der Waals surface area (Å²) in [6.07, 6.45) is 1.52. The minimum absolute atomic E-state index is 0.0587. The van der Waals surface area contributed by atoms with Crippen LogP contribution in [0.2, 0.25) is 5.02 Å². The van der Waals surface area contributed by atoms with Crippen LogP contribution in [-0.4, -0.2) is 29.8 Å². The van der Waals surface area contributed by atoms with Gasteiger partial charge in [0, 0.05) is 30.2 Å². The van der Waals surface area contributed by atoms with Gasteiger partial charge in [0.15, 0.2) is 0 Å². The molecule has 3 rings (SSSR count). The molecule has 1 atom stereocenters. The van der Waals surface area contributed by atoms with Crippen LogP contribution in [0.5, 0.6) is 0 Å². The van der Waals surface area contributed by atoms with E-state index in [9.17, 15) is 14.0 Å². The predicted octanol–water partition coefficient (Wildman–Crippen LogP) is 3.65. The standard InChI is InChI=1S/C20H20ClFN2O2/c21-17-7-3-14(4-8-17)12-23-19(25)16-2-1-11-24(13-16)20(26)15-5-9-18(22)10-6-15/h3-10,16H,1-2,11-13H2,(H,23,25). The highest BCUT2D eigenvalue weighted by atomic mass is 35.5. The maximum atomic E-state index is 13.0. The molecule has 0 aromatic heterocycles. The van der Waals surface area contributed by atoms with Crippen molar-refractivity contribution >= 4 is 23.4 Å². The van der Waals surface area contributed by atoms with Crippen molar-refractivity contribution in [3.05, 3.63) is 70.5 Å². The van der Waals surface area contributed by atoms with Gasteiger partial charge < -0.3 is 10.2 Å². The molecule has 1 N–H and O–H groups in total. The highest BCUT2D eigenvalue weighted by Crippen LogP contribution is 2.19. The SMILES string of the molecule is O=C(NCc1ccc(Cl)cc1)C1CCCN(C(=O)c2ccc(F)cc2)C1. The van der Waals surface area contributed by atoms with Crippen LogP contribution in [-0.2, 0) is 11.3 Å². The normalized spacial score (nSPS) is 17.0. The number of hydrogen-bond acceptors (Lipinski definition) is 2. The van der Waals surface area contributed by atoms with Gasteiger partial charge in [-0.2, -0.15) is 0 Å². The highest BCUT2D eigenvalue weighted by Gasteiger charge is 2.28. The fourth-order valence-electron chi connectivity index (χ4n) is 3.09. The van der Waals surface area contributed by atoms with E-state index in [1.165, 1.54) is 24.3 Å².